The second-order valence-electron chi connectivity index (χ2n) is 5.40. The fourth-order valence-corrected chi connectivity index (χ4v) is 3.44. The summed E-state index contributed by atoms with van der Waals surface area (Å²) < 4.78 is 0.867. The first-order chi connectivity index (χ1) is 8.85. The summed E-state index contributed by atoms with van der Waals surface area (Å²) >= 11 is 8.54. The molecule has 3 N–H and O–H groups in total. The number of carbonyl (C=O) groups excluding carboxylic acids is 1. The lowest BCUT2D eigenvalue weighted by Gasteiger charge is -2.44. The summed E-state index contributed by atoms with van der Waals surface area (Å²) in [6.45, 7) is 4.10. The Morgan fingerprint density at radius 3 is 2.63 bits per heavy atom. The van der Waals surface area contributed by atoms with Crippen LogP contribution in [0.15, 0.2) is 22.7 Å². The van der Waals surface area contributed by atoms with Crippen molar-refractivity contribution in [2.24, 2.45) is 17.1 Å². The predicted octanol–water partition coefficient (Wildman–Crippen LogP) is 3.40. The number of nitrogens with two attached hydrogens (primary N) is 1. The van der Waals surface area contributed by atoms with E-state index in [1.165, 1.54) is 0 Å². The molecule has 0 saturated heterocycles. The summed E-state index contributed by atoms with van der Waals surface area (Å²) in [5, 5.41) is 2.93. The number of aryl methyl sites for hydroxylation is 1. The summed E-state index contributed by atoms with van der Waals surface area (Å²) in [6.07, 6.45) is 1.47. The average molecular weight is 341 g/mol. The van der Waals surface area contributed by atoms with E-state index >= 15 is 0 Å². The summed E-state index contributed by atoms with van der Waals surface area (Å²) in [6, 6.07) is 5.80. The van der Waals surface area contributed by atoms with E-state index in [1.54, 1.807) is 0 Å². The van der Waals surface area contributed by atoms with Gasteiger partial charge in [-0.05, 0) is 59.3 Å². The normalized spacial score (nSPS) is 25.5. The van der Waals surface area contributed by atoms with Crippen molar-refractivity contribution in [3.8, 4) is 0 Å². The van der Waals surface area contributed by atoms with Gasteiger partial charge in [0, 0.05) is 4.47 Å². The van der Waals surface area contributed by atoms with Gasteiger partial charge in [0.05, 0.1) is 16.1 Å². The molecule has 1 amide bonds. The molecule has 0 spiro atoms. The molecule has 2 rings (SSSR count). The van der Waals surface area contributed by atoms with E-state index in [0.29, 0.717) is 10.9 Å². The van der Waals surface area contributed by atoms with Crippen molar-refractivity contribution in [3.05, 3.63) is 28.2 Å². The highest BCUT2D eigenvalue weighted by Crippen LogP contribution is 2.46. The number of hydrogen-bond acceptors (Lipinski definition) is 2. The second-order valence-corrected chi connectivity index (χ2v) is 6.69. The Hall–Kier alpha value is -0.940. The monoisotopic (exact) mass is 340 g/mol. The molecule has 0 unspecified atom stereocenters. The fraction of sp³-hybridized carbons (Fsp3) is 0.429. The lowest BCUT2D eigenvalue weighted by Crippen LogP contribution is -2.53. The standard InChI is InChI=1S/C14H17BrN2OS/c1-8-3-4-11(10(15)5-8)17-13(18)14(12(16)19)6-9(2)7-14/h3-5,9H,6-7H2,1-2H3,(H2,16,19)(H,17,18). The molecule has 0 aliphatic heterocycles. The van der Waals surface area contributed by atoms with Crippen LogP contribution in [0.5, 0.6) is 0 Å². The molecule has 1 aliphatic carbocycles. The topological polar surface area (TPSA) is 55.1 Å². The summed E-state index contributed by atoms with van der Waals surface area (Å²) in [5.74, 6) is 0.399. The summed E-state index contributed by atoms with van der Waals surface area (Å²) in [4.78, 5) is 12.7. The Bertz CT molecular complexity index is 538. The third-order valence-corrected chi connectivity index (χ3v) is 4.72. The number of anilines is 1. The van der Waals surface area contributed by atoms with E-state index in [-0.39, 0.29) is 5.91 Å². The van der Waals surface area contributed by atoms with Crippen LogP contribution in [0, 0.1) is 18.3 Å². The van der Waals surface area contributed by atoms with Gasteiger partial charge in [0.25, 0.3) is 0 Å². The average Bonchev–Trinajstić information content (AvgIpc) is 2.27. The number of rotatable bonds is 3. The van der Waals surface area contributed by atoms with Crippen LogP contribution < -0.4 is 11.1 Å². The van der Waals surface area contributed by atoms with Crippen LogP contribution in [0.3, 0.4) is 0 Å². The smallest absolute Gasteiger partial charge is 0.237 e. The zero-order valence-electron chi connectivity index (χ0n) is 11.0. The van der Waals surface area contributed by atoms with Gasteiger partial charge in [-0.3, -0.25) is 4.79 Å². The maximum atomic E-state index is 12.4. The highest BCUT2D eigenvalue weighted by molar-refractivity contribution is 9.10. The molecule has 0 bridgehead atoms. The highest BCUT2D eigenvalue weighted by Gasteiger charge is 2.50. The molecule has 1 fully saturated rings. The van der Waals surface area contributed by atoms with E-state index in [2.05, 4.69) is 28.2 Å². The molecule has 0 heterocycles. The fourth-order valence-electron chi connectivity index (χ4n) is 2.59. The van der Waals surface area contributed by atoms with Gasteiger partial charge in [-0.25, -0.2) is 0 Å². The van der Waals surface area contributed by atoms with Crippen molar-refractivity contribution in [1.29, 1.82) is 0 Å². The number of hydrogen-bond donors (Lipinski definition) is 2. The van der Waals surface area contributed by atoms with E-state index in [0.717, 1.165) is 28.6 Å². The number of thiocarbonyl (C=S) groups is 1. The molecule has 5 heteroatoms. The molecule has 1 aromatic rings. The van der Waals surface area contributed by atoms with Crippen LogP contribution in [-0.2, 0) is 4.79 Å². The molecule has 0 aromatic heterocycles. The Kier molecular flexibility index (Phi) is 3.97. The lowest BCUT2D eigenvalue weighted by atomic mass is 9.62. The Morgan fingerprint density at radius 1 is 1.53 bits per heavy atom. The van der Waals surface area contributed by atoms with Crippen molar-refractivity contribution >= 4 is 44.7 Å². The maximum Gasteiger partial charge on any atom is 0.237 e. The van der Waals surface area contributed by atoms with Gasteiger partial charge in [-0.15, -0.1) is 0 Å². The van der Waals surface area contributed by atoms with Crippen LogP contribution >= 0.6 is 28.1 Å². The SMILES string of the molecule is Cc1ccc(NC(=O)C2(C(N)=S)CC(C)C2)c(Br)c1. The minimum atomic E-state index is -0.668. The zero-order valence-corrected chi connectivity index (χ0v) is 13.4. The molecule has 3 nitrogen and oxygen atoms in total. The molecule has 19 heavy (non-hydrogen) atoms. The van der Waals surface area contributed by atoms with Gasteiger partial charge in [-0.1, -0.05) is 25.2 Å². The third kappa shape index (κ3) is 2.67. The number of halogens is 1. The molecule has 0 radical (unpaired) electrons. The highest BCUT2D eigenvalue weighted by atomic mass is 79.9. The van der Waals surface area contributed by atoms with Crippen molar-refractivity contribution in [1.82, 2.24) is 0 Å². The van der Waals surface area contributed by atoms with Gasteiger partial charge in [0.15, 0.2) is 0 Å². The first kappa shape index (κ1) is 14.5. The van der Waals surface area contributed by atoms with E-state index in [9.17, 15) is 4.79 Å². The Morgan fingerprint density at radius 2 is 2.16 bits per heavy atom. The lowest BCUT2D eigenvalue weighted by molar-refractivity contribution is -0.127. The van der Waals surface area contributed by atoms with Gasteiger partial charge < -0.3 is 11.1 Å². The summed E-state index contributed by atoms with van der Waals surface area (Å²) in [5.41, 5.74) is 6.99. The molecular weight excluding hydrogens is 324 g/mol. The van der Waals surface area contributed by atoms with Gasteiger partial charge in [-0.2, -0.15) is 0 Å². The van der Waals surface area contributed by atoms with Gasteiger partial charge >= 0.3 is 0 Å². The van der Waals surface area contributed by atoms with Gasteiger partial charge in [0.1, 0.15) is 0 Å². The molecule has 102 valence electrons. The molecule has 0 atom stereocenters. The predicted molar refractivity (Wildman–Crippen MR) is 85.1 cm³/mol. The Labute approximate surface area is 127 Å². The number of amides is 1. The molecule has 1 saturated carbocycles. The molecular formula is C14H17BrN2OS. The van der Waals surface area contributed by atoms with Crippen LogP contribution in [-0.4, -0.2) is 10.9 Å². The van der Waals surface area contributed by atoms with E-state index in [1.807, 2.05) is 25.1 Å². The number of carbonyl (C=O) groups is 1. The van der Waals surface area contributed by atoms with Crippen LogP contribution in [0.4, 0.5) is 5.69 Å². The molecule has 1 aromatic carbocycles. The van der Waals surface area contributed by atoms with E-state index < -0.39 is 5.41 Å². The number of nitrogens with one attached hydrogen (secondary N) is 1. The van der Waals surface area contributed by atoms with Crippen molar-refractivity contribution in [2.75, 3.05) is 5.32 Å². The van der Waals surface area contributed by atoms with E-state index in [4.69, 9.17) is 18.0 Å². The van der Waals surface area contributed by atoms with Crippen LogP contribution in [0.1, 0.15) is 25.3 Å². The maximum absolute atomic E-state index is 12.4. The summed E-state index contributed by atoms with van der Waals surface area (Å²) in [7, 11) is 0. The van der Waals surface area contributed by atoms with Gasteiger partial charge in [0.2, 0.25) is 5.91 Å². The first-order valence-corrected chi connectivity index (χ1v) is 7.43. The second kappa shape index (κ2) is 5.21. The van der Waals surface area contributed by atoms with Crippen molar-refractivity contribution in [2.45, 2.75) is 26.7 Å². The minimum Gasteiger partial charge on any atom is -0.392 e. The van der Waals surface area contributed by atoms with Crippen LogP contribution in [0.25, 0.3) is 0 Å². The Balaban J connectivity index is 2.19. The third-order valence-electron chi connectivity index (χ3n) is 3.67. The van der Waals surface area contributed by atoms with Crippen molar-refractivity contribution < 1.29 is 4.79 Å². The molecule has 1 aliphatic rings. The minimum absolute atomic E-state index is 0.0948. The largest absolute Gasteiger partial charge is 0.392 e. The van der Waals surface area contributed by atoms with Crippen LogP contribution in [0.2, 0.25) is 0 Å². The number of benzene rings is 1. The van der Waals surface area contributed by atoms with Crippen molar-refractivity contribution in [3.63, 3.8) is 0 Å². The first-order valence-electron chi connectivity index (χ1n) is 6.22. The quantitative estimate of drug-likeness (QED) is 0.829. The zero-order chi connectivity index (χ0) is 14.2.